The molecule has 1 amide bonds. The van der Waals surface area contributed by atoms with Gasteiger partial charge < -0.3 is 19.3 Å². The molecule has 1 saturated heterocycles. The molecular weight excluding hydrogens is 308 g/mol. The molecule has 0 radical (unpaired) electrons. The number of amides is 1. The lowest BCUT2D eigenvalue weighted by atomic mass is 9.96. The van der Waals surface area contributed by atoms with Gasteiger partial charge in [0.05, 0.1) is 12.7 Å². The standard InChI is InChI=1S/C18H20N2O4/c1-11-4-6-20(10-15(11)21)18(22)17-9-14(19-24-17)12-2-3-16-13(8-12)5-7-23-16/h2-3,8-9,11,15,21H,4-7,10H2,1H3. The number of hydrogen-bond donors (Lipinski definition) is 1. The lowest BCUT2D eigenvalue weighted by Crippen LogP contribution is -2.45. The normalized spacial score (nSPS) is 23.0. The van der Waals surface area contributed by atoms with Crippen molar-refractivity contribution in [1.29, 1.82) is 0 Å². The lowest BCUT2D eigenvalue weighted by molar-refractivity contribution is 0.0226. The van der Waals surface area contributed by atoms with Crippen molar-refractivity contribution in [2.45, 2.75) is 25.9 Å². The summed E-state index contributed by atoms with van der Waals surface area (Å²) in [7, 11) is 0. The first-order valence-corrected chi connectivity index (χ1v) is 8.32. The number of carbonyl (C=O) groups is 1. The van der Waals surface area contributed by atoms with Gasteiger partial charge in [0.2, 0.25) is 5.76 Å². The fourth-order valence-corrected chi connectivity index (χ4v) is 3.25. The summed E-state index contributed by atoms with van der Waals surface area (Å²) >= 11 is 0. The fourth-order valence-electron chi connectivity index (χ4n) is 3.25. The minimum absolute atomic E-state index is 0.212. The molecule has 126 valence electrons. The Morgan fingerprint density at radius 2 is 2.25 bits per heavy atom. The third kappa shape index (κ3) is 2.67. The predicted octanol–water partition coefficient (Wildman–Crippen LogP) is 2.12. The van der Waals surface area contributed by atoms with Gasteiger partial charge in [0.1, 0.15) is 11.4 Å². The molecule has 1 aromatic carbocycles. The highest BCUT2D eigenvalue weighted by Crippen LogP contribution is 2.30. The average Bonchev–Trinajstić information content (AvgIpc) is 3.24. The van der Waals surface area contributed by atoms with Gasteiger partial charge in [0, 0.05) is 31.1 Å². The molecular formula is C18H20N2O4. The van der Waals surface area contributed by atoms with Crippen LogP contribution in [-0.2, 0) is 6.42 Å². The molecule has 6 nitrogen and oxygen atoms in total. The van der Waals surface area contributed by atoms with Gasteiger partial charge in [-0.1, -0.05) is 12.1 Å². The molecule has 1 aromatic heterocycles. The van der Waals surface area contributed by atoms with Crippen LogP contribution in [0.3, 0.4) is 0 Å². The topological polar surface area (TPSA) is 75.8 Å². The van der Waals surface area contributed by atoms with E-state index >= 15 is 0 Å². The predicted molar refractivity (Wildman–Crippen MR) is 86.8 cm³/mol. The second kappa shape index (κ2) is 5.94. The van der Waals surface area contributed by atoms with Crippen LogP contribution in [0.2, 0.25) is 0 Å². The molecule has 2 aliphatic rings. The summed E-state index contributed by atoms with van der Waals surface area (Å²) in [6, 6.07) is 7.55. The zero-order valence-corrected chi connectivity index (χ0v) is 13.6. The van der Waals surface area contributed by atoms with Gasteiger partial charge in [-0.3, -0.25) is 4.79 Å². The van der Waals surface area contributed by atoms with Gasteiger partial charge in [-0.2, -0.15) is 0 Å². The van der Waals surface area contributed by atoms with E-state index in [0.29, 0.717) is 25.4 Å². The van der Waals surface area contributed by atoms with E-state index in [4.69, 9.17) is 9.26 Å². The van der Waals surface area contributed by atoms with Crippen molar-refractivity contribution in [3.63, 3.8) is 0 Å². The molecule has 6 heteroatoms. The Labute approximate surface area is 140 Å². The van der Waals surface area contributed by atoms with Crippen LogP contribution in [0.25, 0.3) is 11.3 Å². The average molecular weight is 328 g/mol. The number of likely N-dealkylation sites (tertiary alicyclic amines) is 1. The van der Waals surface area contributed by atoms with E-state index in [0.717, 1.165) is 29.7 Å². The van der Waals surface area contributed by atoms with E-state index in [1.165, 1.54) is 0 Å². The molecule has 2 aliphatic heterocycles. The van der Waals surface area contributed by atoms with Gasteiger partial charge >= 0.3 is 0 Å². The summed E-state index contributed by atoms with van der Waals surface area (Å²) in [6.07, 6.45) is 1.19. The summed E-state index contributed by atoms with van der Waals surface area (Å²) in [5.41, 5.74) is 2.70. The summed E-state index contributed by atoms with van der Waals surface area (Å²) < 4.78 is 10.8. The molecule has 24 heavy (non-hydrogen) atoms. The highest BCUT2D eigenvalue weighted by Gasteiger charge is 2.29. The van der Waals surface area contributed by atoms with Crippen molar-refractivity contribution in [1.82, 2.24) is 10.1 Å². The largest absolute Gasteiger partial charge is 0.493 e. The number of piperidine rings is 1. The molecule has 0 aliphatic carbocycles. The van der Waals surface area contributed by atoms with Gasteiger partial charge in [-0.25, -0.2) is 0 Å². The Kier molecular flexibility index (Phi) is 3.76. The number of rotatable bonds is 2. The maximum absolute atomic E-state index is 12.5. The number of carbonyl (C=O) groups excluding carboxylic acids is 1. The van der Waals surface area contributed by atoms with E-state index < -0.39 is 6.10 Å². The number of aliphatic hydroxyl groups is 1. The lowest BCUT2D eigenvalue weighted by Gasteiger charge is -2.33. The van der Waals surface area contributed by atoms with E-state index in [1.54, 1.807) is 11.0 Å². The number of aliphatic hydroxyl groups excluding tert-OH is 1. The smallest absolute Gasteiger partial charge is 0.292 e. The van der Waals surface area contributed by atoms with Crippen molar-refractivity contribution >= 4 is 5.91 Å². The molecule has 0 bridgehead atoms. The summed E-state index contributed by atoms with van der Waals surface area (Å²) in [6.45, 7) is 3.67. The van der Waals surface area contributed by atoms with Crippen LogP contribution < -0.4 is 4.74 Å². The van der Waals surface area contributed by atoms with Gasteiger partial charge in [0.15, 0.2) is 0 Å². The van der Waals surface area contributed by atoms with Crippen LogP contribution in [-0.4, -0.2) is 46.9 Å². The summed E-state index contributed by atoms with van der Waals surface area (Å²) in [5, 5.41) is 14.0. The van der Waals surface area contributed by atoms with Crippen molar-refractivity contribution in [2.24, 2.45) is 5.92 Å². The Balaban J connectivity index is 1.53. The van der Waals surface area contributed by atoms with Crippen molar-refractivity contribution in [2.75, 3.05) is 19.7 Å². The van der Waals surface area contributed by atoms with Crippen LogP contribution in [0.4, 0.5) is 0 Å². The Morgan fingerprint density at radius 3 is 3.08 bits per heavy atom. The molecule has 1 fully saturated rings. The van der Waals surface area contributed by atoms with Crippen LogP contribution in [0.15, 0.2) is 28.8 Å². The Morgan fingerprint density at radius 1 is 1.38 bits per heavy atom. The zero-order valence-electron chi connectivity index (χ0n) is 13.6. The number of hydrogen-bond acceptors (Lipinski definition) is 5. The molecule has 2 aromatic rings. The van der Waals surface area contributed by atoms with Crippen LogP contribution in [0.5, 0.6) is 5.75 Å². The van der Waals surface area contributed by atoms with Crippen LogP contribution in [0.1, 0.15) is 29.5 Å². The minimum atomic E-state index is -0.484. The maximum atomic E-state index is 12.5. The van der Waals surface area contributed by atoms with E-state index in [9.17, 15) is 9.90 Å². The molecule has 2 atom stereocenters. The fraction of sp³-hybridized carbons (Fsp3) is 0.444. The Hall–Kier alpha value is -2.34. The summed E-state index contributed by atoms with van der Waals surface area (Å²) in [5.74, 6) is 1.12. The van der Waals surface area contributed by atoms with E-state index in [2.05, 4.69) is 5.16 Å². The second-order valence-electron chi connectivity index (χ2n) is 6.58. The molecule has 0 spiro atoms. The molecule has 4 rings (SSSR count). The zero-order chi connectivity index (χ0) is 16.7. The first-order valence-electron chi connectivity index (χ1n) is 8.32. The third-order valence-corrected chi connectivity index (χ3v) is 4.91. The van der Waals surface area contributed by atoms with Crippen molar-refractivity contribution in [3.8, 4) is 17.0 Å². The second-order valence-corrected chi connectivity index (χ2v) is 6.58. The highest BCUT2D eigenvalue weighted by atomic mass is 16.5. The third-order valence-electron chi connectivity index (χ3n) is 4.91. The number of benzene rings is 1. The number of ether oxygens (including phenoxy) is 1. The maximum Gasteiger partial charge on any atom is 0.292 e. The van der Waals surface area contributed by atoms with Crippen LogP contribution in [0, 0.1) is 5.92 Å². The molecule has 3 heterocycles. The summed E-state index contributed by atoms with van der Waals surface area (Å²) in [4.78, 5) is 14.2. The van der Waals surface area contributed by atoms with Gasteiger partial charge in [0.25, 0.3) is 5.91 Å². The Bertz CT molecular complexity index is 770. The molecule has 1 N–H and O–H groups in total. The first-order chi connectivity index (χ1) is 11.6. The highest BCUT2D eigenvalue weighted by molar-refractivity contribution is 5.92. The SMILES string of the molecule is CC1CCN(C(=O)c2cc(-c3ccc4c(c3)CCO4)no2)CC1O. The molecule has 0 saturated carbocycles. The van der Waals surface area contributed by atoms with Crippen molar-refractivity contribution in [3.05, 3.63) is 35.6 Å². The van der Waals surface area contributed by atoms with Crippen molar-refractivity contribution < 1.29 is 19.2 Å². The quantitative estimate of drug-likeness (QED) is 0.914. The van der Waals surface area contributed by atoms with Gasteiger partial charge in [-0.15, -0.1) is 0 Å². The minimum Gasteiger partial charge on any atom is -0.493 e. The molecule has 2 unspecified atom stereocenters. The first kappa shape index (κ1) is 15.2. The number of β-amino-alcohol motifs (C(OH)–C–C–N with tert-alkyl or cyclic N) is 1. The number of nitrogens with zero attached hydrogens (tertiary/aromatic N) is 2. The van der Waals surface area contributed by atoms with Gasteiger partial charge in [-0.05, 0) is 36.1 Å². The van der Waals surface area contributed by atoms with E-state index in [1.807, 2.05) is 25.1 Å². The number of aromatic nitrogens is 1. The van der Waals surface area contributed by atoms with Crippen LogP contribution >= 0.6 is 0 Å². The number of fused-ring (bicyclic) bond motifs is 1. The monoisotopic (exact) mass is 328 g/mol. The van der Waals surface area contributed by atoms with E-state index in [-0.39, 0.29) is 17.6 Å².